The first-order chi connectivity index (χ1) is 14.8. The summed E-state index contributed by atoms with van der Waals surface area (Å²) in [4.78, 5) is 6.82. The van der Waals surface area contributed by atoms with Crippen molar-refractivity contribution in [3.05, 3.63) is 5.82 Å². The highest BCUT2D eigenvalue weighted by Gasteiger charge is 2.32. The Hall–Kier alpha value is -0.590. The molecule has 1 saturated carbocycles. The highest BCUT2D eigenvalue weighted by atomic mass is 127. The molecule has 0 bridgehead atoms. The third-order valence-corrected chi connectivity index (χ3v) is 7.10. The average Bonchev–Trinajstić information content (AvgIpc) is 3.55. The summed E-state index contributed by atoms with van der Waals surface area (Å²) in [6.07, 6.45) is 11.8. The van der Waals surface area contributed by atoms with Gasteiger partial charge >= 0.3 is 0 Å². The SMILES string of the molecule is CN=C(NCCCc1nnc(SC)n1C1CCCC1)N1CCOC(C2CCCO2)C1.I. The number of aryl methyl sites for hydroxylation is 1. The molecule has 2 unspecified atom stereocenters. The molecule has 0 spiro atoms. The molecule has 31 heavy (non-hydrogen) atoms. The van der Waals surface area contributed by atoms with Gasteiger partial charge in [0, 0.05) is 45.8 Å². The van der Waals surface area contributed by atoms with Crippen LogP contribution in [0, 0.1) is 0 Å². The van der Waals surface area contributed by atoms with E-state index in [4.69, 9.17) is 9.47 Å². The van der Waals surface area contributed by atoms with Crippen molar-refractivity contribution in [2.24, 2.45) is 4.99 Å². The molecule has 176 valence electrons. The minimum absolute atomic E-state index is 0. The summed E-state index contributed by atoms with van der Waals surface area (Å²) >= 11 is 1.71. The van der Waals surface area contributed by atoms with E-state index in [9.17, 15) is 0 Å². The van der Waals surface area contributed by atoms with Gasteiger partial charge in [0.1, 0.15) is 11.9 Å². The van der Waals surface area contributed by atoms with E-state index in [-0.39, 0.29) is 36.2 Å². The Morgan fingerprint density at radius 1 is 1.13 bits per heavy atom. The van der Waals surface area contributed by atoms with Crippen LogP contribution in [-0.4, -0.2) is 84.0 Å². The summed E-state index contributed by atoms with van der Waals surface area (Å²) in [5.41, 5.74) is 0. The number of halogens is 1. The molecule has 1 aromatic heterocycles. The van der Waals surface area contributed by atoms with Crippen LogP contribution < -0.4 is 5.32 Å². The van der Waals surface area contributed by atoms with Crippen molar-refractivity contribution in [2.75, 3.05) is 46.2 Å². The van der Waals surface area contributed by atoms with E-state index in [1.807, 2.05) is 7.05 Å². The highest BCUT2D eigenvalue weighted by molar-refractivity contribution is 14.0. The molecule has 2 saturated heterocycles. The van der Waals surface area contributed by atoms with Crippen LogP contribution in [0.4, 0.5) is 0 Å². The van der Waals surface area contributed by atoms with Gasteiger partial charge in [0.05, 0.1) is 12.7 Å². The summed E-state index contributed by atoms with van der Waals surface area (Å²) in [7, 11) is 1.86. The summed E-state index contributed by atoms with van der Waals surface area (Å²) < 4.78 is 14.2. The summed E-state index contributed by atoms with van der Waals surface area (Å²) in [6.45, 7) is 4.18. The Labute approximate surface area is 207 Å². The summed E-state index contributed by atoms with van der Waals surface area (Å²) in [5.74, 6) is 2.09. The summed E-state index contributed by atoms with van der Waals surface area (Å²) in [5, 5.41) is 13.5. The number of morpholine rings is 1. The Morgan fingerprint density at radius 3 is 2.65 bits per heavy atom. The topological polar surface area (TPSA) is 76.8 Å². The Balaban J connectivity index is 0.00000272. The van der Waals surface area contributed by atoms with E-state index in [2.05, 4.69) is 36.2 Å². The van der Waals surface area contributed by atoms with E-state index < -0.39 is 0 Å². The Bertz CT molecular complexity index is 706. The number of thioether (sulfide) groups is 1. The van der Waals surface area contributed by atoms with Crippen LogP contribution in [0.2, 0.25) is 0 Å². The first-order valence-corrected chi connectivity index (χ1v) is 12.7. The molecule has 1 aliphatic carbocycles. The molecule has 2 atom stereocenters. The van der Waals surface area contributed by atoms with Crippen LogP contribution in [0.5, 0.6) is 0 Å². The predicted octanol–water partition coefficient (Wildman–Crippen LogP) is 3.12. The lowest BCUT2D eigenvalue weighted by Gasteiger charge is -2.37. The van der Waals surface area contributed by atoms with Crippen molar-refractivity contribution >= 4 is 41.7 Å². The molecule has 0 amide bonds. The van der Waals surface area contributed by atoms with Crippen LogP contribution in [0.25, 0.3) is 0 Å². The first-order valence-electron chi connectivity index (χ1n) is 11.5. The predicted molar refractivity (Wildman–Crippen MR) is 135 cm³/mol. The molecular weight excluding hydrogens is 527 g/mol. The number of aliphatic imine (C=N–C) groups is 1. The van der Waals surface area contributed by atoms with Gasteiger partial charge in [0.15, 0.2) is 11.1 Å². The number of ether oxygens (including phenoxy) is 2. The number of guanidine groups is 1. The minimum atomic E-state index is 0. The molecule has 3 aliphatic rings. The zero-order chi connectivity index (χ0) is 20.8. The van der Waals surface area contributed by atoms with Gasteiger partial charge in [-0.1, -0.05) is 24.6 Å². The monoisotopic (exact) mass is 564 g/mol. The van der Waals surface area contributed by atoms with Crippen molar-refractivity contribution in [1.29, 1.82) is 0 Å². The second kappa shape index (κ2) is 12.6. The molecule has 3 heterocycles. The van der Waals surface area contributed by atoms with Crippen molar-refractivity contribution in [3.63, 3.8) is 0 Å². The standard InChI is InChI=1S/C21H36N6O2S.HI/c1-22-20(26-12-14-29-18(15-26)17-9-6-13-28-17)23-11-5-10-19-24-25-21(30-2)27(19)16-7-3-4-8-16;/h16-18H,3-15H2,1-2H3,(H,22,23);1H. The van der Waals surface area contributed by atoms with Crippen LogP contribution in [0.15, 0.2) is 10.1 Å². The fourth-order valence-electron chi connectivity index (χ4n) is 4.91. The third kappa shape index (κ3) is 6.26. The molecule has 1 aromatic rings. The molecule has 10 heteroatoms. The molecule has 2 aliphatic heterocycles. The molecule has 1 N–H and O–H groups in total. The largest absolute Gasteiger partial charge is 0.375 e. The maximum atomic E-state index is 5.98. The number of hydrogen-bond donors (Lipinski definition) is 1. The second-order valence-electron chi connectivity index (χ2n) is 8.40. The van der Waals surface area contributed by atoms with Crippen molar-refractivity contribution in [3.8, 4) is 0 Å². The van der Waals surface area contributed by atoms with Crippen LogP contribution in [0.1, 0.15) is 56.8 Å². The molecular formula is C21H37IN6O2S. The van der Waals surface area contributed by atoms with E-state index in [1.165, 1.54) is 25.7 Å². The van der Waals surface area contributed by atoms with Gasteiger partial charge in [-0.15, -0.1) is 34.2 Å². The number of nitrogens with zero attached hydrogens (tertiary/aromatic N) is 5. The second-order valence-corrected chi connectivity index (χ2v) is 9.17. The van der Waals surface area contributed by atoms with Gasteiger partial charge in [-0.3, -0.25) is 4.99 Å². The van der Waals surface area contributed by atoms with Crippen molar-refractivity contribution in [1.82, 2.24) is 25.0 Å². The van der Waals surface area contributed by atoms with Gasteiger partial charge in [0.2, 0.25) is 0 Å². The smallest absolute Gasteiger partial charge is 0.193 e. The van der Waals surface area contributed by atoms with Crippen LogP contribution >= 0.6 is 35.7 Å². The maximum Gasteiger partial charge on any atom is 0.193 e. The number of hydrogen-bond acceptors (Lipinski definition) is 6. The minimum Gasteiger partial charge on any atom is -0.375 e. The number of nitrogens with one attached hydrogen (secondary N) is 1. The fraction of sp³-hybridized carbons (Fsp3) is 0.857. The van der Waals surface area contributed by atoms with Gasteiger partial charge in [-0.05, 0) is 38.4 Å². The number of aromatic nitrogens is 3. The molecule has 0 aromatic carbocycles. The van der Waals surface area contributed by atoms with E-state index in [1.54, 1.807) is 11.8 Å². The Morgan fingerprint density at radius 2 is 1.94 bits per heavy atom. The normalized spacial score (nSPS) is 25.1. The zero-order valence-electron chi connectivity index (χ0n) is 18.8. The quantitative estimate of drug-likeness (QED) is 0.179. The fourth-order valence-corrected chi connectivity index (χ4v) is 5.49. The van der Waals surface area contributed by atoms with Crippen molar-refractivity contribution in [2.45, 2.75) is 74.8 Å². The molecule has 3 fully saturated rings. The van der Waals surface area contributed by atoms with Crippen molar-refractivity contribution < 1.29 is 9.47 Å². The molecule has 4 rings (SSSR count). The summed E-state index contributed by atoms with van der Waals surface area (Å²) in [6, 6.07) is 0.585. The first kappa shape index (κ1) is 25.0. The molecule has 8 nitrogen and oxygen atoms in total. The third-order valence-electron chi connectivity index (χ3n) is 6.45. The van der Waals surface area contributed by atoms with Crippen LogP contribution in [-0.2, 0) is 15.9 Å². The lowest BCUT2D eigenvalue weighted by atomic mass is 10.1. The van der Waals surface area contributed by atoms with Gasteiger partial charge in [0.25, 0.3) is 0 Å². The maximum absolute atomic E-state index is 5.98. The highest BCUT2D eigenvalue weighted by Crippen LogP contribution is 2.33. The van der Waals surface area contributed by atoms with Gasteiger partial charge < -0.3 is 24.3 Å². The van der Waals surface area contributed by atoms with Gasteiger partial charge in [-0.25, -0.2) is 0 Å². The van der Waals surface area contributed by atoms with E-state index >= 15 is 0 Å². The Kier molecular flexibility index (Phi) is 10.2. The molecule has 0 radical (unpaired) electrons. The van der Waals surface area contributed by atoms with E-state index in [0.29, 0.717) is 6.04 Å². The number of rotatable bonds is 7. The average molecular weight is 565 g/mol. The van der Waals surface area contributed by atoms with Gasteiger partial charge in [-0.2, -0.15) is 0 Å². The van der Waals surface area contributed by atoms with Crippen LogP contribution in [0.3, 0.4) is 0 Å². The lowest BCUT2D eigenvalue weighted by Crippen LogP contribution is -2.53. The lowest BCUT2D eigenvalue weighted by molar-refractivity contribution is -0.0816. The van der Waals surface area contributed by atoms with E-state index in [0.717, 1.165) is 75.5 Å². The zero-order valence-corrected chi connectivity index (χ0v) is 21.9.